The van der Waals surface area contributed by atoms with E-state index < -0.39 is 0 Å². The number of H-pyrrole nitrogens is 1. The van der Waals surface area contributed by atoms with Crippen molar-refractivity contribution in [3.05, 3.63) is 40.8 Å². The first kappa shape index (κ1) is 12.8. The largest absolute Gasteiger partial charge is 0.490 e. The highest BCUT2D eigenvalue weighted by atomic mass is 32.1. The van der Waals surface area contributed by atoms with Crippen LogP contribution >= 0.6 is 12.2 Å². The summed E-state index contributed by atoms with van der Waals surface area (Å²) in [6.07, 6.45) is 0.136. The quantitative estimate of drug-likeness (QED) is 0.850. The molecule has 2 aromatic rings. The molecule has 0 spiro atoms. The lowest BCUT2D eigenvalue weighted by molar-refractivity contribution is 0.243. The van der Waals surface area contributed by atoms with Crippen molar-refractivity contribution in [3.63, 3.8) is 0 Å². The fraction of sp³-hybridized carbons (Fsp3) is 0.286. The fourth-order valence-electron chi connectivity index (χ4n) is 1.77. The van der Waals surface area contributed by atoms with E-state index in [4.69, 9.17) is 17.0 Å². The Morgan fingerprint density at radius 2 is 2.00 bits per heavy atom. The van der Waals surface area contributed by atoms with Crippen LogP contribution in [0.25, 0.3) is 11.3 Å². The molecule has 4 heteroatoms. The summed E-state index contributed by atoms with van der Waals surface area (Å²) in [5, 5.41) is 0. The predicted octanol–water partition coefficient (Wildman–Crippen LogP) is 3.90. The predicted molar refractivity (Wildman–Crippen MR) is 75.4 cm³/mol. The minimum Gasteiger partial charge on any atom is -0.490 e. The number of benzene rings is 1. The first-order valence-corrected chi connectivity index (χ1v) is 6.31. The van der Waals surface area contributed by atoms with Gasteiger partial charge in [-0.15, -0.1) is 0 Å². The molecule has 1 aromatic carbocycles. The van der Waals surface area contributed by atoms with E-state index in [0.29, 0.717) is 4.64 Å². The molecule has 0 saturated carbocycles. The third-order valence-electron chi connectivity index (χ3n) is 2.40. The molecule has 0 aliphatic heterocycles. The van der Waals surface area contributed by atoms with Crippen LogP contribution in [0.1, 0.15) is 19.7 Å². The maximum atomic E-state index is 5.81. The highest BCUT2D eigenvalue weighted by Crippen LogP contribution is 2.29. The van der Waals surface area contributed by atoms with Crippen molar-refractivity contribution in [1.82, 2.24) is 9.97 Å². The van der Waals surface area contributed by atoms with Gasteiger partial charge in [0.25, 0.3) is 0 Å². The van der Waals surface area contributed by atoms with Crippen molar-refractivity contribution >= 4 is 12.2 Å². The van der Waals surface area contributed by atoms with Crippen LogP contribution < -0.4 is 4.74 Å². The van der Waals surface area contributed by atoms with Crippen LogP contribution in [0.15, 0.2) is 30.3 Å². The zero-order valence-corrected chi connectivity index (χ0v) is 11.5. The molecule has 0 radical (unpaired) electrons. The third kappa shape index (κ3) is 2.96. The number of hydrogen-bond donors (Lipinski definition) is 1. The molecule has 0 saturated heterocycles. The molecule has 1 N–H and O–H groups in total. The molecule has 0 aliphatic rings. The number of nitrogens with zero attached hydrogens (tertiary/aromatic N) is 1. The fourth-order valence-corrected chi connectivity index (χ4v) is 2.03. The Morgan fingerprint density at radius 1 is 1.28 bits per heavy atom. The summed E-state index contributed by atoms with van der Waals surface area (Å²) in [5.74, 6) is 1.65. The molecule has 0 aliphatic carbocycles. The molecule has 0 atom stereocenters. The van der Waals surface area contributed by atoms with Gasteiger partial charge in [0.15, 0.2) is 0 Å². The standard InChI is InChI=1S/C14H16N2OS/c1-9(2)17-13-7-5-4-6-11(13)12-8-14(18)16-10(3)15-12/h4-9H,1-3H3,(H,15,16,18). The van der Waals surface area contributed by atoms with Gasteiger partial charge >= 0.3 is 0 Å². The zero-order chi connectivity index (χ0) is 13.1. The Bertz CT molecular complexity index is 605. The number of aryl methyl sites for hydroxylation is 1. The van der Waals surface area contributed by atoms with Crippen molar-refractivity contribution in [2.45, 2.75) is 26.9 Å². The molecule has 1 heterocycles. The SMILES string of the molecule is Cc1nc(=S)cc(-c2ccccc2OC(C)C)[nH]1. The molecule has 0 unspecified atom stereocenters. The summed E-state index contributed by atoms with van der Waals surface area (Å²) in [6.45, 7) is 5.92. The van der Waals surface area contributed by atoms with Crippen LogP contribution in [0, 0.1) is 11.6 Å². The van der Waals surface area contributed by atoms with Gasteiger partial charge in [-0.2, -0.15) is 0 Å². The Balaban J connectivity index is 2.52. The lowest BCUT2D eigenvalue weighted by Gasteiger charge is -2.14. The van der Waals surface area contributed by atoms with E-state index >= 15 is 0 Å². The average molecular weight is 260 g/mol. The topological polar surface area (TPSA) is 37.9 Å². The summed E-state index contributed by atoms with van der Waals surface area (Å²) in [5.41, 5.74) is 1.94. The summed E-state index contributed by atoms with van der Waals surface area (Å²) < 4.78 is 6.39. The number of nitrogens with one attached hydrogen (secondary N) is 1. The molecule has 1 aromatic heterocycles. The molecule has 94 valence electrons. The van der Waals surface area contributed by atoms with Crippen molar-refractivity contribution in [2.24, 2.45) is 0 Å². The number of para-hydroxylation sites is 1. The van der Waals surface area contributed by atoms with Gasteiger partial charge in [0.2, 0.25) is 0 Å². The van der Waals surface area contributed by atoms with E-state index in [1.807, 2.05) is 51.1 Å². The minimum atomic E-state index is 0.136. The lowest BCUT2D eigenvalue weighted by atomic mass is 10.1. The molecular formula is C14H16N2OS. The molecule has 3 nitrogen and oxygen atoms in total. The van der Waals surface area contributed by atoms with E-state index in [0.717, 1.165) is 22.8 Å². The number of hydrogen-bond acceptors (Lipinski definition) is 3. The Hall–Kier alpha value is -1.68. The van der Waals surface area contributed by atoms with Crippen LogP contribution in [0.3, 0.4) is 0 Å². The summed E-state index contributed by atoms with van der Waals surface area (Å²) in [6, 6.07) is 9.77. The molecular weight excluding hydrogens is 244 g/mol. The summed E-state index contributed by atoms with van der Waals surface area (Å²) in [7, 11) is 0. The van der Waals surface area contributed by atoms with Crippen LogP contribution in [-0.4, -0.2) is 16.1 Å². The minimum absolute atomic E-state index is 0.136. The number of ether oxygens (including phenoxy) is 1. The summed E-state index contributed by atoms with van der Waals surface area (Å²) >= 11 is 5.15. The highest BCUT2D eigenvalue weighted by Gasteiger charge is 2.08. The number of aromatic nitrogens is 2. The number of rotatable bonds is 3. The van der Waals surface area contributed by atoms with Gasteiger partial charge < -0.3 is 9.72 Å². The van der Waals surface area contributed by atoms with Crippen LogP contribution in [0.2, 0.25) is 0 Å². The molecule has 18 heavy (non-hydrogen) atoms. The maximum absolute atomic E-state index is 5.81. The van der Waals surface area contributed by atoms with Crippen molar-refractivity contribution in [1.29, 1.82) is 0 Å². The Morgan fingerprint density at radius 3 is 2.67 bits per heavy atom. The number of aromatic amines is 1. The lowest BCUT2D eigenvalue weighted by Crippen LogP contribution is -2.06. The second-order valence-corrected chi connectivity index (χ2v) is 4.80. The summed E-state index contributed by atoms with van der Waals surface area (Å²) in [4.78, 5) is 7.39. The van der Waals surface area contributed by atoms with Crippen molar-refractivity contribution in [3.8, 4) is 17.0 Å². The van der Waals surface area contributed by atoms with Gasteiger partial charge in [0, 0.05) is 5.56 Å². The van der Waals surface area contributed by atoms with E-state index in [1.54, 1.807) is 0 Å². The second-order valence-electron chi connectivity index (χ2n) is 4.38. The highest BCUT2D eigenvalue weighted by molar-refractivity contribution is 7.71. The van der Waals surface area contributed by atoms with E-state index in [1.165, 1.54) is 0 Å². The first-order valence-electron chi connectivity index (χ1n) is 5.90. The Labute approximate surface area is 112 Å². The van der Waals surface area contributed by atoms with Gasteiger partial charge in [-0.25, -0.2) is 4.98 Å². The van der Waals surface area contributed by atoms with Crippen molar-refractivity contribution < 1.29 is 4.74 Å². The van der Waals surface area contributed by atoms with Crippen LogP contribution in [0.5, 0.6) is 5.75 Å². The van der Waals surface area contributed by atoms with Gasteiger partial charge in [-0.1, -0.05) is 24.4 Å². The molecule has 0 bridgehead atoms. The zero-order valence-electron chi connectivity index (χ0n) is 10.7. The van der Waals surface area contributed by atoms with E-state index in [9.17, 15) is 0 Å². The van der Waals surface area contributed by atoms with Gasteiger partial charge in [-0.05, 0) is 39.0 Å². The van der Waals surface area contributed by atoms with E-state index in [2.05, 4.69) is 9.97 Å². The average Bonchev–Trinajstić information content (AvgIpc) is 2.27. The molecule has 0 amide bonds. The van der Waals surface area contributed by atoms with Crippen molar-refractivity contribution in [2.75, 3.05) is 0 Å². The second kappa shape index (κ2) is 5.31. The first-order chi connectivity index (χ1) is 8.56. The monoisotopic (exact) mass is 260 g/mol. The smallest absolute Gasteiger partial charge is 0.130 e. The van der Waals surface area contributed by atoms with Gasteiger partial charge in [0.1, 0.15) is 16.2 Å². The maximum Gasteiger partial charge on any atom is 0.130 e. The van der Waals surface area contributed by atoms with Gasteiger partial charge in [-0.3, -0.25) is 0 Å². The van der Waals surface area contributed by atoms with Crippen LogP contribution in [-0.2, 0) is 0 Å². The normalized spacial score (nSPS) is 10.7. The van der Waals surface area contributed by atoms with Gasteiger partial charge in [0.05, 0.1) is 11.8 Å². The Kier molecular flexibility index (Phi) is 3.77. The molecule has 2 rings (SSSR count). The third-order valence-corrected chi connectivity index (χ3v) is 2.61. The molecule has 0 fully saturated rings. The van der Waals surface area contributed by atoms with Crippen LogP contribution in [0.4, 0.5) is 0 Å². The van der Waals surface area contributed by atoms with E-state index in [-0.39, 0.29) is 6.10 Å².